The smallest absolute Gasteiger partial charge is 0.263 e. The van der Waals surface area contributed by atoms with Crippen LogP contribution < -0.4 is 4.72 Å². The lowest BCUT2D eigenvalue weighted by molar-refractivity contribution is 0.0657. The molecule has 0 aromatic heterocycles. The molecule has 2 aromatic carbocycles. The van der Waals surface area contributed by atoms with Gasteiger partial charge in [-0.25, -0.2) is 13.1 Å². The van der Waals surface area contributed by atoms with Gasteiger partial charge in [0.25, 0.3) is 11.8 Å². The Kier molecular flexibility index (Phi) is 4.88. The summed E-state index contributed by atoms with van der Waals surface area (Å²) in [5.41, 5.74) is 2.26. The van der Waals surface area contributed by atoms with Crippen LogP contribution in [0.5, 0.6) is 0 Å². The number of hydrogen-bond donors (Lipinski definition) is 1. The number of carbonyl (C=O) groups is 2. The van der Waals surface area contributed by atoms with E-state index in [9.17, 15) is 18.0 Å². The van der Waals surface area contributed by atoms with E-state index in [0.717, 1.165) is 16.0 Å². The number of aryl methyl sites for hydroxylation is 2. The van der Waals surface area contributed by atoms with Gasteiger partial charge in [0, 0.05) is 13.1 Å². The third-order valence-electron chi connectivity index (χ3n) is 4.36. The molecule has 0 bridgehead atoms. The first kappa shape index (κ1) is 18.6. The van der Waals surface area contributed by atoms with Crippen molar-refractivity contribution in [2.75, 3.05) is 13.1 Å². The molecule has 0 saturated heterocycles. The first-order valence-corrected chi connectivity index (χ1v) is 9.80. The Morgan fingerprint density at radius 1 is 1.04 bits per heavy atom. The normalized spacial score (nSPS) is 14.0. The molecule has 0 aliphatic carbocycles. The van der Waals surface area contributed by atoms with E-state index in [1.165, 1.54) is 18.2 Å². The molecule has 0 unspecified atom stereocenters. The third kappa shape index (κ3) is 3.25. The van der Waals surface area contributed by atoms with Crippen LogP contribution in [0.3, 0.4) is 0 Å². The van der Waals surface area contributed by atoms with Gasteiger partial charge in [0.15, 0.2) is 0 Å². The molecule has 0 saturated carbocycles. The van der Waals surface area contributed by atoms with Crippen LogP contribution in [-0.2, 0) is 10.0 Å². The number of benzene rings is 2. The lowest BCUT2D eigenvalue weighted by Crippen LogP contribution is -2.38. The van der Waals surface area contributed by atoms with Gasteiger partial charge >= 0.3 is 0 Å². The fourth-order valence-electron chi connectivity index (χ4n) is 2.75. The molecule has 8 heteroatoms. The van der Waals surface area contributed by atoms with E-state index in [4.69, 9.17) is 11.6 Å². The van der Waals surface area contributed by atoms with E-state index in [0.29, 0.717) is 0 Å². The minimum absolute atomic E-state index is 0.0766. The Hall–Kier alpha value is -2.22. The van der Waals surface area contributed by atoms with Gasteiger partial charge in [0.05, 0.1) is 21.0 Å². The van der Waals surface area contributed by atoms with Gasteiger partial charge in [0.1, 0.15) is 0 Å². The van der Waals surface area contributed by atoms with Gasteiger partial charge < -0.3 is 0 Å². The molecule has 0 spiro atoms. The van der Waals surface area contributed by atoms with Crippen LogP contribution in [0, 0.1) is 13.8 Å². The maximum absolute atomic E-state index is 12.4. The average molecular weight is 393 g/mol. The van der Waals surface area contributed by atoms with E-state index in [1.54, 1.807) is 18.2 Å². The van der Waals surface area contributed by atoms with Crippen molar-refractivity contribution >= 4 is 33.4 Å². The summed E-state index contributed by atoms with van der Waals surface area (Å²) >= 11 is 6.00. The number of sulfonamides is 1. The lowest BCUT2D eigenvalue weighted by atomic mass is 10.1. The molecule has 6 nitrogen and oxygen atoms in total. The van der Waals surface area contributed by atoms with Crippen molar-refractivity contribution in [2.45, 2.75) is 18.7 Å². The van der Waals surface area contributed by atoms with Gasteiger partial charge in [-0.15, -0.1) is 0 Å². The summed E-state index contributed by atoms with van der Waals surface area (Å²) in [6.45, 7) is 3.56. The third-order valence-corrected chi connectivity index (χ3v) is 6.14. The number of halogens is 1. The minimum Gasteiger partial charge on any atom is -0.273 e. The van der Waals surface area contributed by atoms with Crippen LogP contribution >= 0.6 is 11.6 Å². The number of amides is 2. The zero-order chi connectivity index (χ0) is 19.1. The van der Waals surface area contributed by atoms with Crippen molar-refractivity contribution in [3.63, 3.8) is 0 Å². The Bertz CT molecular complexity index is 1020. The Morgan fingerprint density at radius 3 is 2.42 bits per heavy atom. The zero-order valence-electron chi connectivity index (χ0n) is 14.2. The van der Waals surface area contributed by atoms with Crippen LogP contribution in [-0.4, -0.2) is 38.2 Å². The number of carbonyl (C=O) groups excluding carboxylic acids is 2. The first-order chi connectivity index (χ1) is 12.2. The summed E-state index contributed by atoms with van der Waals surface area (Å²) < 4.78 is 27.2. The van der Waals surface area contributed by atoms with Crippen LogP contribution in [0.2, 0.25) is 5.02 Å². The number of nitrogens with zero attached hydrogens (tertiary/aromatic N) is 1. The SMILES string of the molecule is Cc1ccc(S(=O)(=O)NCCN2C(=O)c3cccc(Cl)c3C2=O)cc1C. The second-order valence-corrected chi connectivity index (χ2v) is 8.24. The predicted octanol–water partition coefficient (Wildman–Crippen LogP) is 2.53. The quantitative estimate of drug-likeness (QED) is 0.792. The molecular formula is C18H17ClN2O4S. The average Bonchev–Trinajstić information content (AvgIpc) is 2.83. The highest BCUT2D eigenvalue weighted by Gasteiger charge is 2.36. The molecule has 26 heavy (non-hydrogen) atoms. The minimum atomic E-state index is -3.73. The Balaban J connectivity index is 1.70. The molecule has 2 aromatic rings. The molecule has 1 heterocycles. The topological polar surface area (TPSA) is 83.6 Å². The molecule has 1 N–H and O–H groups in total. The molecular weight excluding hydrogens is 376 g/mol. The molecule has 0 radical (unpaired) electrons. The van der Waals surface area contributed by atoms with Crippen molar-refractivity contribution in [1.29, 1.82) is 0 Å². The summed E-state index contributed by atoms with van der Waals surface area (Å²) in [7, 11) is -3.73. The molecule has 2 amide bonds. The van der Waals surface area contributed by atoms with Gasteiger partial charge in [-0.3, -0.25) is 14.5 Å². The Labute approximate surface area is 156 Å². The van der Waals surface area contributed by atoms with E-state index < -0.39 is 21.8 Å². The van der Waals surface area contributed by atoms with Gasteiger partial charge in [-0.1, -0.05) is 23.7 Å². The standard InChI is InChI=1S/C18H17ClN2O4S/c1-11-6-7-13(10-12(11)2)26(24,25)20-8-9-21-17(22)14-4-3-5-15(19)16(14)18(21)23/h3-7,10,20H,8-9H2,1-2H3. The highest BCUT2D eigenvalue weighted by atomic mass is 35.5. The van der Waals surface area contributed by atoms with Crippen molar-refractivity contribution in [3.05, 3.63) is 63.7 Å². The monoisotopic (exact) mass is 392 g/mol. The predicted molar refractivity (Wildman–Crippen MR) is 97.9 cm³/mol. The number of hydrogen-bond acceptors (Lipinski definition) is 4. The summed E-state index contributed by atoms with van der Waals surface area (Å²) in [6, 6.07) is 9.50. The van der Waals surface area contributed by atoms with Crippen molar-refractivity contribution in [3.8, 4) is 0 Å². The largest absolute Gasteiger partial charge is 0.273 e. The summed E-state index contributed by atoms with van der Waals surface area (Å²) in [5, 5.41) is 0.207. The summed E-state index contributed by atoms with van der Waals surface area (Å²) in [5.74, 6) is -0.987. The van der Waals surface area contributed by atoms with E-state index in [2.05, 4.69) is 4.72 Å². The molecule has 136 valence electrons. The highest BCUT2D eigenvalue weighted by molar-refractivity contribution is 7.89. The zero-order valence-corrected chi connectivity index (χ0v) is 15.8. The van der Waals surface area contributed by atoms with Crippen LogP contribution in [0.4, 0.5) is 0 Å². The van der Waals surface area contributed by atoms with Crippen LogP contribution in [0.15, 0.2) is 41.3 Å². The van der Waals surface area contributed by atoms with E-state index >= 15 is 0 Å². The maximum Gasteiger partial charge on any atom is 0.263 e. The van der Waals surface area contributed by atoms with Gasteiger partial charge in [-0.05, 0) is 49.2 Å². The molecule has 0 atom stereocenters. The molecule has 3 rings (SSSR count). The summed E-state index contributed by atoms with van der Waals surface area (Å²) in [4.78, 5) is 25.9. The van der Waals surface area contributed by atoms with Crippen molar-refractivity contribution in [2.24, 2.45) is 0 Å². The van der Waals surface area contributed by atoms with Crippen LogP contribution in [0.25, 0.3) is 0 Å². The number of fused-ring (bicyclic) bond motifs is 1. The number of rotatable bonds is 5. The first-order valence-electron chi connectivity index (χ1n) is 7.94. The van der Waals surface area contributed by atoms with Crippen molar-refractivity contribution < 1.29 is 18.0 Å². The Morgan fingerprint density at radius 2 is 1.77 bits per heavy atom. The second kappa shape index (κ2) is 6.83. The van der Waals surface area contributed by atoms with Crippen LogP contribution in [0.1, 0.15) is 31.8 Å². The van der Waals surface area contributed by atoms with Gasteiger partial charge in [-0.2, -0.15) is 0 Å². The van der Waals surface area contributed by atoms with E-state index in [1.807, 2.05) is 13.8 Å². The molecule has 0 fully saturated rings. The van der Waals surface area contributed by atoms with Gasteiger partial charge in [0.2, 0.25) is 10.0 Å². The fraction of sp³-hybridized carbons (Fsp3) is 0.222. The number of imide groups is 1. The lowest BCUT2D eigenvalue weighted by Gasteiger charge is -2.14. The second-order valence-electron chi connectivity index (χ2n) is 6.07. The molecule has 1 aliphatic rings. The fourth-order valence-corrected chi connectivity index (χ4v) is 4.11. The van der Waals surface area contributed by atoms with Crippen molar-refractivity contribution in [1.82, 2.24) is 9.62 Å². The number of nitrogens with one attached hydrogen (secondary N) is 1. The molecule has 1 aliphatic heterocycles. The summed E-state index contributed by atoms with van der Waals surface area (Å²) in [6.07, 6.45) is 0. The maximum atomic E-state index is 12.4. The van der Waals surface area contributed by atoms with E-state index in [-0.39, 0.29) is 34.1 Å². The highest BCUT2D eigenvalue weighted by Crippen LogP contribution is 2.28.